The fourth-order valence-corrected chi connectivity index (χ4v) is 3.80. The predicted molar refractivity (Wildman–Crippen MR) is 124 cm³/mol. The molecule has 172 valence electrons. The minimum Gasteiger partial charge on any atom is -0.299 e. The zero-order chi connectivity index (χ0) is 24.0. The average molecular weight is 453 g/mol. The second-order valence-electron chi connectivity index (χ2n) is 8.33. The summed E-state index contributed by atoms with van der Waals surface area (Å²) >= 11 is 0. The first-order valence-electron chi connectivity index (χ1n) is 11.0. The highest BCUT2D eigenvalue weighted by Gasteiger charge is 2.32. The van der Waals surface area contributed by atoms with Gasteiger partial charge in [-0.05, 0) is 59.7 Å². The third-order valence-electron chi connectivity index (χ3n) is 5.70. The van der Waals surface area contributed by atoms with Crippen molar-refractivity contribution in [1.82, 2.24) is 0 Å². The second kappa shape index (κ2) is 10.6. The molecule has 0 saturated carbocycles. The lowest BCUT2D eigenvalue weighted by Crippen LogP contribution is -2.10. The first-order valence-corrected chi connectivity index (χ1v) is 11.0. The van der Waals surface area contributed by atoms with Gasteiger partial charge in [-0.25, -0.2) is 0 Å². The SMILES string of the molecule is CCC(=O)c1cccc(Cc2ccc(CCC(=O)Cc3ccc(C)c(C(F)(F)F)c3)cc2)c1. The van der Waals surface area contributed by atoms with Crippen LogP contribution in [0.2, 0.25) is 0 Å². The Morgan fingerprint density at radius 3 is 2.15 bits per heavy atom. The van der Waals surface area contributed by atoms with Crippen molar-refractivity contribution in [2.45, 2.75) is 52.1 Å². The molecule has 2 nitrogen and oxygen atoms in total. The maximum atomic E-state index is 13.1. The quantitative estimate of drug-likeness (QED) is 0.330. The van der Waals surface area contributed by atoms with Crippen molar-refractivity contribution >= 4 is 11.6 Å². The summed E-state index contributed by atoms with van der Waals surface area (Å²) in [6.07, 6.45) is -2.43. The van der Waals surface area contributed by atoms with Gasteiger partial charge in [0.1, 0.15) is 5.78 Å². The minimum absolute atomic E-state index is 0.00569. The molecule has 0 bridgehead atoms. The standard InChI is InChI=1S/C28H27F3O2/c1-3-27(33)24-6-4-5-22(16-24)15-21-11-9-20(10-12-21)13-14-25(32)17-23-8-7-19(2)26(18-23)28(29,30)31/h4-12,16,18H,3,13-15,17H2,1-2H3. The lowest BCUT2D eigenvalue weighted by Gasteiger charge is -2.12. The Kier molecular flexibility index (Phi) is 7.85. The number of alkyl halides is 3. The summed E-state index contributed by atoms with van der Waals surface area (Å²) in [6.45, 7) is 3.26. The van der Waals surface area contributed by atoms with Gasteiger partial charge in [-0.3, -0.25) is 9.59 Å². The van der Waals surface area contributed by atoms with Crippen LogP contribution in [0.25, 0.3) is 0 Å². The molecule has 0 aliphatic rings. The molecule has 0 aliphatic heterocycles. The smallest absolute Gasteiger partial charge is 0.299 e. The number of Topliss-reactive ketones (excluding diaryl/α,β-unsaturated/α-hetero) is 2. The van der Waals surface area contributed by atoms with E-state index in [-0.39, 0.29) is 30.0 Å². The van der Waals surface area contributed by atoms with Gasteiger partial charge in [0, 0.05) is 24.8 Å². The maximum absolute atomic E-state index is 13.1. The minimum atomic E-state index is -4.42. The number of carbonyl (C=O) groups excluding carboxylic acids is 2. The number of carbonyl (C=O) groups is 2. The third kappa shape index (κ3) is 6.88. The van der Waals surface area contributed by atoms with E-state index in [1.165, 1.54) is 13.0 Å². The van der Waals surface area contributed by atoms with E-state index >= 15 is 0 Å². The number of halogens is 3. The fraction of sp³-hybridized carbons (Fsp3) is 0.286. The number of hydrogen-bond acceptors (Lipinski definition) is 2. The molecule has 0 atom stereocenters. The molecule has 0 saturated heterocycles. The van der Waals surface area contributed by atoms with E-state index in [2.05, 4.69) is 0 Å². The summed E-state index contributed by atoms with van der Waals surface area (Å²) in [5.41, 5.74) is 3.74. The summed E-state index contributed by atoms with van der Waals surface area (Å²) in [4.78, 5) is 24.2. The van der Waals surface area contributed by atoms with Crippen LogP contribution in [0.15, 0.2) is 66.7 Å². The van der Waals surface area contributed by atoms with E-state index in [9.17, 15) is 22.8 Å². The van der Waals surface area contributed by atoms with Gasteiger partial charge in [-0.1, -0.05) is 61.5 Å². The summed E-state index contributed by atoms with van der Waals surface area (Å²) in [7, 11) is 0. The molecule has 0 heterocycles. The Hall–Kier alpha value is -3.21. The Morgan fingerprint density at radius 1 is 0.818 bits per heavy atom. The zero-order valence-electron chi connectivity index (χ0n) is 18.8. The van der Waals surface area contributed by atoms with Crippen molar-refractivity contribution in [1.29, 1.82) is 0 Å². The molecule has 33 heavy (non-hydrogen) atoms. The molecule has 0 amide bonds. The number of aryl methyl sites for hydroxylation is 2. The second-order valence-corrected chi connectivity index (χ2v) is 8.33. The Balaban J connectivity index is 1.55. The zero-order valence-corrected chi connectivity index (χ0v) is 18.8. The molecule has 3 aromatic rings. The van der Waals surface area contributed by atoms with E-state index in [1.807, 2.05) is 55.5 Å². The molecule has 3 rings (SSSR count). The highest BCUT2D eigenvalue weighted by Crippen LogP contribution is 2.32. The summed E-state index contributed by atoms with van der Waals surface area (Å²) < 4.78 is 39.2. The van der Waals surface area contributed by atoms with Crippen LogP contribution in [0.5, 0.6) is 0 Å². The normalized spacial score (nSPS) is 11.4. The number of benzene rings is 3. The molecule has 0 aromatic heterocycles. The largest absolute Gasteiger partial charge is 0.416 e. The van der Waals surface area contributed by atoms with Gasteiger partial charge in [0.15, 0.2) is 5.78 Å². The third-order valence-corrected chi connectivity index (χ3v) is 5.70. The molecular weight excluding hydrogens is 425 g/mol. The monoisotopic (exact) mass is 452 g/mol. The van der Waals surface area contributed by atoms with Gasteiger partial charge in [0.25, 0.3) is 0 Å². The van der Waals surface area contributed by atoms with Crippen LogP contribution in [-0.2, 0) is 30.2 Å². The topological polar surface area (TPSA) is 34.1 Å². The van der Waals surface area contributed by atoms with Gasteiger partial charge in [0.2, 0.25) is 0 Å². The van der Waals surface area contributed by atoms with E-state index < -0.39 is 11.7 Å². The molecule has 5 heteroatoms. The molecule has 0 spiro atoms. The van der Waals surface area contributed by atoms with Crippen LogP contribution in [0.3, 0.4) is 0 Å². The van der Waals surface area contributed by atoms with Gasteiger partial charge in [-0.2, -0.15) is 13.2 Å². The molecule has 3 aromatic carbocycles. The number of rotatable bonds is 9. The lowest BCUT2D eigenvalue weighted by atomic mass is 9.97. The summed E-state index contributed by atoms with van der Waals surface area (Å²) in [5.74, 6) is 0.0330. The summed E-state index contributed by atoms with van der Waals surface area (Å²) in [5, 5.41) is 0. The van der Waals surface area contributed by atoms with Crippen LogP contribution < -0.4 is 0 Å². The molecule has 0 radical (unpaired) electrons. The van der Waals surface area contributed by atoms with Gasteiger partial charge in [-0.15, -0.1) is 0 Å². The van der Waals surface area contributed by atoms with Crippen LogP contribution >= 0.6 is 0 Å². The Bertz CT molecular complexity index is 1130. The molecule has 0 aliphatic carbocycles. The van der Waals surface area contributed by atoms with Crippen LogP contribution in [0.4, 0.5) is 13.2 Å². The van der Waals surface area contributed by atoms with E-state index in [0.717, 1.165) is 28.3 Å². The van der Waals surface area contributed by atoms with Crippen LogP contribution in [0, 0.1) is 6.92 Å². The first kappa shape index (κ1) is 24.4. The van der Waals surface area contributed by atoms with Crippen molar-refractivity contribution in [3.05, 3.63) is 106 Å². The molecule has 0 fully saturated rings. The fourth-order valence-electron chi connectivity index (χ4n) is 3.80. The van der Waals surface area contributed by atoms with Crippen LogP contribution in [-0.4, -0.2) is 11.6 Å². The highest BCUT2D eigenvalue weighted by atomic mass is 19.4. The van der Waals surface area contributed by atoms with E-state index in [1.54, 1.807) is 6.07 Å². The van der Waals surface area contributed by atoms with Gasteiger partial charge < -0.3 is 0 Å². The Labute approximate surface area is 192 Å². The lowest BCUT2D eigenvalue weighted by molar-refractivity contribution is -0.138. The highest BCUT2D eigenvalue weighted by molar-refractivity contribution is 5.96. The molecule has 0 unspecified atom stereocenters. The first-order chi connectivity index (χ1) is 15.7. The average Bonchev–Trinajstić information content (AvgIpc) is 2.79. The molecular formula is C28H27F3O2. The van der Waals surface area contributed by atoms with Crippen molar-refractivity contribution in [2.24, 2.45) is 0 Å². The van der Waals surface area contributed by atoms with E-state index in [0.29, 0.717) is 24.8 Å². The maximum Gasteiger partial charge on any atom is 0.416 e. The van der Waals surface area contributed by atoms with Crippen molar-refractivity contribution in [2.75, 3.05) is 0 Å². The van der Waals surface area contributed by atoms with Crippen molar-refractivity contribution < 1.29 is 22.8 Å². The van der Waals surface area contributed by atoms with Crippen molar-refractivity contribution in [3.8, 4) is 0 Å². The Morgan fingerprint density at radius 2 is 1.48 bits per heavy atom. The number of hydrogen-bond donors (Lipinski definition) is 0. The van der Waals surface area contributed by atoms with Gasteiger partial charge >= 0.3 is 6.18 Å². The summed E-state index contributed by atoms with van der Waals surface area (Å²) in [6, 6.07) is 19.7. The van der Waals surface area contributed by atoms with Gasteiger partial charge in [0.05, 0.1) is 5.56 Å². The van der Waals surface area contributed by atoms with E-state index in [4.69, 9.17) is 0 Å². The van der Waals surface area contributed by atoms with Crippen molar-refractivity contribution in [3.63, 3.8) is 0 Å². The molecule has 0 N–H and O–H groups in total. The van der Waals surface area contributed by atoms with Crippen LogP contribution in [0.1, 0.15) is 63.5 Å². The number of ketones is 2. The predicted octanol–water partition coefficient (Wildman–Crippen LogP) is 6.94.